The van der Waals surface area contributed by atoms with E-state index in [0.717, 1.165) is 5.56 Å². The molecule has 0 fully saturated rings. The van der Waals surface area contributed by atoms with Crippen LogP contribution in [0.15, 0.2) is 36.7 Å². The summed E-state index contributed by atoms with van der Waals surface area (Å²) < 4.78 is 12.5. The van der Waals surface area contributed by atoms with Crippen molar-refractivity contribution >= 4 is 5.91 Å². The van der Waals surface area contributed by atoms with Crippen molar-refractivity contribution in [1.82, 2.24) is 14.7 Å². The number of ether oxygens (including phenoxy) is 2. The van der Waals surface area contributed by atoms with E-state index in [1.165, 1.54) is 0 Å². The van der Waals surface area contributed by atoms with Gasteiger partial charge in [0.25, 0.3) is 0 Å². The lowest BCUT2D eigenvalue weighted by atomic mass is 10.3. The first-order valence-electron chi connectivity index (χ1n) is 7.07. The van der Waals surface area contributed by atoms with Gasteiger partial charge < -0.3 is 14.4 Å². The molecular weight excluding hydrogens is 282 g/mol. The summed E-state index contributed by atoms with van der Waals surface area (Å²) in [5.41, 5.74) is 1.00. The summed E-state index contributed by atoms with van der Waals surface area (Å²) >= 11 is 0. The minimum atomic E-state index is 0.0266. The van der Waals surface area contributed by atoms with Crippen molar-refractivity contribution in [3.8, 4) is 11.5 Å². The maximum Gasteiger partial charge on any atom is 0.226 e. The predicted octanol–water partition coefficient (Wildman–Crippen LogP) is 1.86. The van der Waals surface area contributed by atoms with Crippen molar-refractivity contribution in [3.63, 3.8) is 0 Å². The normalized spacial score (nSPS) is 10.3. The van der Waals surface area contributed by atoms with Crippen LogP contribution in [0.1, 0.15) is 12.0 Å². The molecule has 0 aliphatic rings. The number of amides is 1. The number of aryl methyl sites for hydroxylation is 1. The highest BCUT2D eigenvalue weighted by atomic mass is 16.5. The molecule has 118 valence electrons. The Kier molecular flexibility index (Phi) is 5.41. The van der Waals surface area contributed by atoms with Gasteiger partial charge in [-0.15, -0.1) is 0 Å². The van der Waals surface area contributed by atoms with Gasteiger partial charge in [-0.2, -0.15) is 5.10 Å². The number of hydrogen-bond donors (Lipinski definition) is 0. The maximum absolute atomic E-state index is 12.1. The van der Waals surface area contributed by atoms with Crippen molar-refractivity contribution in [2.24, 2.45) is 7.05 Å². The van der Waals surface area contributed by atoms with Gasteiger partial charge in [0.15, 0.2) is 11.5 Å². The molecule has 0 atom stereocenters. The lowest BCUT2D eigenvalue weighted by Gasteiger charge is -2.16. The van der Waals surface area contributed by atoms with E-state index in [0.29, 0.717) is 31.1 Å². The number of rotatable bonds is 7. The molecule has 2 rings (SSSR count). The van der Waals surface area contributed by atoms with Crippen LogP contribution in [0.3, 0.4) is 0 Å². The number of nitrogens with zero attached hydrogens (tertiary/aromatic N) is 3. The third-order valence-electron chi connectivity index (χ3n) is 3.25. The first-order chi connectivity index (χ1) is 10.6. The second kappa shape index (κ2) is 7.49. The van der Waals surface area contributed by atoms with Gasteiger partial charge in [0.05, 0.1) is 26.3 Å². The Morgan fingerprint density at radius 1 is 1.32 bits per heavy atom. The number of hydrogen-bond acceptors (Lipinski definition) is 4. The van der Waals surface area contributed by atoms with Gasteiger partial charge in [-0.05, 0) is 12.1 Å². The quantitative estimate of drug-likeness (QED) is 0.783. The van der Waals surface area contributed by atoms with Crippen LogP contribution >= 0.6 is 0 Å². The van der Waals surface area contributed by atoms with Crippen molar-refractivity contribution in [1.29, 1.82) is 0 Å². The van der Waals surface area contributed by atoms with Crippen LogP contribution < -0.4 is 9.47 Å². The zero-order valence-corrected chi connectivity index (χ0v) is 13.2. The predicted molar refractivity (Wildman–Crippen MR) is 82.8 cm³/mol. The Hall–Kier alpha value is -2.50. The average molecular weight is 303 g/mol. The molecule has 0 bridgehead atoms. The number of benzene rings is 1. The lowest BCUT2D eigenvalue weighted by molar-refractivity contribution is -0.130. The van der Waals surface area contributed by atoms with Gasteiger partial charge in [0.2, 0.25) is 5.91 Å². The van der Waals surface area contributed by atoms with Gasteiger partial charge in [-0.1, -0.05) is 12.1 Å². The van der Waals surface area contributed by atoms with Crippen molar-refractivity contribution in [2.45, 2.75) is 13.0 Å². The van der Waals surface area contributed by atoms with Crippen LogP contribution in [0.25, 0.3) is 0 Å². The Morgan fingerprint density at radius 2 is 2.05 bits per heavy atom. The summed E-state index contributed by atoms with van der Waals surface area (Å²) in [6.07, 6.45) is 3.97. The molecule has 0 saturated carbocycles. The molecule has 0 unspecified atom stereocenters. The molecule has 1 heterocycles. The zero-order chi connectivity index (χ0) is 15.9. The highest BCUT2D eigenvalue weighted by molar-refractivity contribution is 5.76. The van der Waals surface area contributed by atoms with Crippen LogP contribution in [-0.2, 0) is 18.4 Å². The Labute approximate surface area is 130 Å². The van der Waals surface area contributed by atoms with Gasteiger partial charge in [0, 0.05) is 32.4 Å². The smallest absolute Gasteiger partial charge is 0.226 e. The van der Waals surface area contributed by atoms with Gasteiger partial charge in [-0.25, -0.2) is 0 Å². The Bertz CT molecular complexity index is 625. The Morgan fingerprint density at radius 3 is 2.68 bits per heavy atom. The average Bonchev–Trinajstić information content (AvgIpc) is 2.92. The number of carbonyl (C=O) groups excluding carboxylic acids is 1. The minimum Gasteiger partial charge on any atom is -0.493 e. The number of aromatic nitrogens is 2. The van der Waals surface area contributed by atoms with Crippen LogP contribution in [0.4, 0.5) is 0 Å². The first kappa shape index (κ1) is 15.9. The molecule has 0 aliphatic heterocycles. The van der Waals surface area contributed by atoms with E-state index in [1.54, 1.807) is 29.9 Å². The van der Waals surface area contributed by atoms with Crippen molar-refractivity contribution in [3.05, 3.63) is 42.2 Å². The topological polar surface area (TPSA) is 56.6 Å². The van der Waals surface area contributed by atoms with E-state index < -0.39 is 0 Å². The summed E-state index contributed by atoms with van der Waals surface area (Å²) in [5.74, 6) is 1.34. The highest BCUT2D eigenvalue weighted by Gasteiger charge is 2.11. The van der Waals surface area contributed by atoms with Crippen molar-refractivity contribution < 1.29 is 14.3 Å². The summed E-state index contributed by atoms with van der Waals surface area (Å²) in [5, 5.41) is 4.09. The molecule has 0 N–H and O–H groups in total. The first-order valence-corrected chi connectivity index (χ1v) is 7.07. The van der Waals surface area contributed by atoms with Gasteiger partial charge in [-0.3, -0.25) is 9.48 Å². The largest absolute Gasteiger partial charge is 0.493 e. The molecule has 1 aromatic heterocycles. The molecule has 2 aromatic rings. The van der Waals surface area contributed by atoms with Crippen LogP contribution in [0.5, 0.6) is 11.5 Å². The van der Waals surface area contributed by atoms with E-state index in [4.69, 9.17) is 9.47 Å². The van der Waals surface area contributed by atoms with E-state index >= 15 is 0 Å². The van der Waals surface area contributed by atoms with E-state index in [1.807, 2.05) is 37.5 Å². The molecule has 6 nitrogen and oxygen atoms in total. The Balaban J connectivity index is 1.79. The molecule has 0 spiro atoms. The number of carbonyl (C=O) groups is 1. The summed E-state index contributed by atoms with van der Waals surface area (Å²) in [6.45, 7) is 0.859. The SMILES string of the molecule is COc1ccccc1OCCC(=O)N(C)Cc1cnn(C)c1. The monoisotopic (exact) mass is 303 g/mol. The molecule has 0 radical (unpaired) electrons. The standard InChI is InChI=1S/C16H21N3O3/c1-18(11-13-10-17-19(2)12-13)16(20)8-9-22-15-7-5-4-6-14(15)21-3/h4-7,10,12H,8-9,11H2,1-3H3. The summed E-state index contributed by atoms with van der Waals surface area (Å²) in [7, 11) is 5.22. The fraction of sp³-hybridized carbons (Fsp3) is 0.375. The molecule has 22 heavy (non-hydrogen) atoms. The van der Waals surface area contributed by atoms with Gasteiger partial charge >= 0.3 is 0 Å². The molecule has 1 amide bonds. The molecule has 6 heteroatoms. The number of methoxy groups -OCH3 is 1. The van der Waals surface area contributed by atoms with E-state index in [-0.39, 0.29) is 5.91 Å². The molecule has 0 saturated heterocycles. The molecule has 0 aliphatic carbocycles. The number of para-hydroxylation sites is 2. The van der Waals surface area contributed by atoms with Crippen LogP contribution in [0.2, 0.25) is 0 Å². The minimum absolute atomic E-state index is 0.0266. The fourth-order valence-corrected chi connectivity index (χ4v) is 2.09. The second-order valence-corrected chi connectivity index (χ2v) is 5.02. The highest BCUT2D eigenvalue weighted by Crippen LogP contribution is 2.25. The summed E-state index contributed by atoms with van der Waals surface area (Å²) in [6, 6.07) is 7.39. The fourth-order valence-electron chi connectivity index (χ4n) is 2.09. The van der Waals surface area contributed by atoms with Crippen LogP contribution in [0, 0.1) is 0 Å². The maximum atomic E-state index is 12.1. The second-order valence-electron chi connectivity index (χ2n) is 5.02. The van der Waals surface area contributed by atoms with E-state index in [2.05, 4.69) is 5.10 Å². The third kappa shape index (κ3) is 4.25. The van der Waals surface area contributed by atoms with Crippen LogP contribution in [-0.4, -0.2) is 41.4 Å². The van der Waals surface area contributed by atoms with Crippen molar-refractivity contribution in [2.75, 3.05) is 20.8 Å². The molecular formula is C16H21N3O3. The summed E-state index contributed by atoms with van der Waals surface area (Å²) in [4.78, 5) is 13.8. The van der Waals surface area contributed by atoms with E-state index in [9.17, 15) is 4.79 Å². The third-order valence-corrected chi connectivity index (χ3v) is 3.25. The van der Waals surface area contributed by atoms with Gasteiger partial charge in [0.1, 0.15) is 0 Å². The zero-order valence-electron chi connectivity index (χ0n) is 13.2. The molecule has 1 aromatic carbocycles. The lowest BCUT2D eigenvalue weighted by Crippen LogP contribution is -2.27.